The van der Waals surface area contributed by atoms with Gasteiger partial charge in [0.1, 0.15) is 42.8 Å². The number of hydrogen-bond donors (Lipinski definition) is 5. The second-order valence-corrected chi connectivity index (χ2v) is 20.0. The lowest BCUT2D eigenvalue weighted by molar-refractivity contribution is -0.149. The third kappa shape index (κ3) is 12.5. The summed E-state index contributed by atoms with van der Waals surface area (Å²) in [5.41, 5.74) is 3.94. The molecule has 16 nitrogen and oxygen atoms in total. The van der Waals surface area contributed by atoms with Crippen molar-refractivity contribution in [3.63, 3.8) is 0 Å². The van der Waals surface area contributed by atoms with E-state index in [1.807, 2.05) is 57.2 Å². The molecule has 2 heterocycles. The Bertz CT molecular complexity index is 2150. The van der Waals surface area contributed by atoms with Gasteiger partial charge in [-0.1, -0.05) is 71.2 Å². The Morgan fingerprint density at radius 3 is 1.68 bits per heavy atom. The van der Waals surface area contributed by atoms with Crippen molar-refractivity contribution >= 4 is 35.3 Å². The van der Waals surface area contributed by atoms with Crippen molar-refractivity contribution in [2.45, 2.75) is 166 Å². The number of rotatable bonds is 20. The maximum absolute atomic E-state index is 14.3. The molecule has 5 aliphatic rings. The van der Waals surface area contributed by atoms with E-state index in [2.05, 4.69) is 16.0 Å². The maximum atomic E-state index is 14.3. The molecule has 9 atom stereocenters. The number of aliphatic hydroxyl groups is 2. The van der Waals surface area contributed by atoms with Crippen LogP contribution in [0.1, 0.15) is 146 Å². The Morgan fingerprint density at radius 1 is 0.652 bits per heavy atom. The molecule has 0 unspecified atom stereocenters. The van der Waals surface area contributed by atoms with Crippen LogP contribution in [0.5, 0.6) is 11.5 Å². The average molecular weight is 958 g/mol. The van der Waals surface area contributed by atoms with E-state index >= 15 is 0 Å². The normalized spacial score (nSPS) is 24.8. The lowest BCUT2D eigenvalue weighted by Crippen LogP contribution is -2.57. The van der Waals surface area contributed by atoms with Crippen molar-refractivity contribution < 1.29 is 53.2 Å². The number of Topliss-reactive ketones (excluding diaryl/α,β-unsaturated/α-hetero) is 1. The number of amides is 5. The molecule has 69 heavy (non-hydrogen) atoms. The van der Waals surface area contributed by atoms with Gasteiger partial charge in [0.15, 0.2) is 0 Å². The number of β-amino-alcohol motifs (C(OH)–C–C–N with tert-alkyl or cyclic N) is 2. The predicted molar refractivity (Wildman–Crippen MR) is 257 cm³/mol. The number of hydrogen-bond acceptors (Lipinski definition) is 11. The quantitative estimate of drug-likeness (QED) is 0.0899. The Labute approximate surface area is 406 Å². The van der Waals surface area contributed by atoms with Crippen LogP contribution < -0.4 is 25.4 Å². The van der Waals surface area contributed by atoms with Crippen molar-refractivity contribution in [2.75, 3.05) is 39.5 Å². The molecule has 0 aromatic heterocycles. The number of carbonyl (C=O) groups excluding carboxylic acids is 6. The monoisotopic (exact) mass is 958 g/mol. The topological polar surface area (TPSA) is 213 Å². The van der Waals surface area contributed by atoms with Crippen molar-refractivity contribution in [1.29, 1.82) is 0 Å². The number of carbonyl (C=O) groups is 6. The Kier molecular flexibility index (Phi) is 18.1. The summed E-state index contributed by atoms with van der Waals surface area (Å²) in [6.45, 7) is 8.55. The fraction of sp³-hybridized carbons (Fsp3) is 0.660. The summed E-state index contributed by atoms with van der Waals surface area (Å²) in [5.74, 6) is -1.67. The molecular formula is C53H75N5O11. The van der Waals surface area contributed by atoms with Crippen molar-refractivity contribution in [3.8, 4) is 11.5 Å². The van der Waals surface area contributed by atoms with Crippen LogP contribution in [0.4, 0.5) is 0 Å². The second-order valence-electron chi connectivity index (χ2n) is 20.0. The summed E-state index contributed by atoms with van der Waals surface area (Å²) in [4.78, 5) is 83.5. The van der Waals surface area contributed by atoms with Crippen LogP contribution in [0.2, 0.25) is 0 Å². The van der Waals surface area contributed by atoms with Crippen LogP contribution in [0, 0.1) is 17.8 Å². The first-order valence-electron chi connectivity index (χ1n) is 25.8. The largest absolute Gasteiger partial charge is 0.491 e. The molecule has 2 aliphatic heterocycles. The van der Waals surface area contributed by atoms with E-state index in [4.69, 9.17) is 14.2 Å². The van der Waals surface area contributed by atoms with Gasteiger partial charge in [0.25, 0.3) is 5.91 Å². The number of likely N-dealkylation sites (tertiary alicyclic amines) is 2. The average Bonchev–Trinajstić information content (AvgIpc) is 3.97. The standard InChI is InChI=1S/C53H75N5O11/c1-5-32(3)48(61)53(66)58-31-36(60)29-44(58)51(64)55-42-21-11-19-40-38(42)17-13-23-46(40)69-27-25-67-24-26-68-45-22-12-16-37-39(45)18-10-20-41(37)54-50(63)43-28-35(59)30-57(43)52(65)47(34-14-8-7-9-15-34)56-49(62)33(4)6-2/h12-13,16-17,22-23,32-36,41-44,47,59-60H,5-11,14-15,18-21,24-31H2,1-4H3,(H,54,63)(H,55,64)(H,56,62)/t32-,33-,35+,36+,41-,42-,43+,44+,47+/m1/s1. The number of benzene rings is 2. The smallest absolute Gasteiger partial charge is 0.290 e. The molecule has 16 heteroatoms. The van der Waals surface area contributed by atoms with Gasteiger partial charge >= 0.3 is 0 Å². The van der Waals surface area contributed by atoms with Crippen molar-refractivity contribution in [2.24, 2.45) is 17.8 Å². The molecule has 3 fully saturated rings. The van der Waals surface area contributed by atoms with Crippen molar-refractivity contribution in [1.82, 2.24) is 25.8 Å². The summed E-state index contributed by atoms with van der Waals surface area (Å²) in [6.07, 6.45) is 9.04. The summed E-state index contributed by atoms with van der Waals surface area (Å²) < 4.78 is 18.4. The van der Waals surface area contributed by atoms with Gasteiger partial charge in [-0.3, -0.25) is 28.8 Å². The maximum Gasteiger partial charge on any atom is 0.290 e. The van der Waals surface area contributed by atoms with E-state index in [-0.39, 0.29) is 73.5 Å². The fourth-order valence-corrected chi connectivity index (χ4v) is 10.9. The van der Waals surface area contributed by atoms with Crippen LogP contribution in [0.15, 0.2) is 36.4 Å². The number of ketones is 1. The number of ether oxygens (including phenoxy) is 3. The van der Waals surface area contributed by atoms with Gasteiger partial charge in [-0.05, 0) is 105 Å². The van der Waals surface area contributed by atoms with Crippen LogP contribution >= 0.6 is 0 Å². The molecule has 0 bridgehead atoms. The molecule has 5 N–H and O–H groups in total. The van der Waals surface area contributed by atoms with Gasteiger partial charge in [-0.25, -0.2) is 0 Å². The van der Waals surface area contributed by atoms with Crippen molar-refractivity contribution in [3.05, 3.63) is 58.7 Å². The van der Waals surface area contributed by atoms with Gasteiger partial charge < -0.3 is 50.2 Å². The summed E-state index contributed by atoms with van der Waals surface area (Å²) in [5, 5.41) is 30.6. The van der Waals surface area contributed by atoms with Crippen LogP contribution in [0.25, 0.3) is 0 Å². The first kappa shape index (κ1) is 51.8. The first-order valence-corrected chi connectivity index (χ1v) is 25.8. The first-order chi connectivity index (χ1) is 33.3. The van der Waals surface area contributed by atoms with E-state index in [1.165, 1.54) is 9.80 Å². The molecule has 378 valence electrons. The summed E-state index contributed by atoms with van der Waals surface area (Å²) in [7, 11) is 0. The molecule has 5 amide bonds. The minimum Gasteiger partial charge on any atom is -0.491 e. The minimum atomic E-state index is -0.922. The molecule has 7 rings (SSSR count). The highest BCUT2D eigenvalue weighted by molar-refractivity contribution is 6.37. The van der Waals surface area contributed by atoms with Crippen LogP contribution in [0.3, 0.4) is 0 Å². The highest BCUT2D eigenvalue weighted by Gasteiger charge is 2.45. The lowest BCUT2D eigenvalue weighted by Gasteiger charge is -2.35. The lowest BCUT2D eigenvalue weighted by atomic mass is 9.83. The zero-order valence-corrected chi connectivity index (χ0v) is 41.0. The number of fused-ring (bicyclic) bond motifs is 2. The van der Waals surface area contributed by atoms with Gasteiger partial charge in [0, 0.05) is 37.8 Å². The summed E-state index contributed by atoms with van der Waals surface area (Å²) in [6, 6.07) is 8.52. The minimum absolute atomic E-state index is 0.00983. The molecule has 0 spiro atoms. The van der Waals surface area contributed by atoms with E-state index < -0.39 is 47.9 Å². The Balaban J connectivity index is 0.888. The highest BCUT2D eigenvalue weighted by Crippen LogP contribution is 2.38. The van der Waals surface area contributed by atoms with Crippen LogP contribution in [-0.4, -0.2) is 125 Å². The number of nitrogens with one attached hydrogen (secondary N) is 3. The van der Waals surface area contributed by atoms with Crippen LogP contribution in [-0.2, 0) is 46.3 Å². The van der Waals surface area contributed by atoms with Gasteiger partial charge in [-0.2, -0.15) is 0 Å². The molecule has 3 aliphatic carbocycles. The zero-order valence-electron chi connectivity index (χ0n) is 41.0. The SMILES string of the molecule is CC[C@@H](C)C(=O)N[C@H](C(=O)N1C[C@@H](O)C[C@H]1C(=O)N[C@@H]1CCCc2c(OCCOCCOc3cccc4c3CCC[C@H]4NC(=O)[C@@H]3C[C@H](O)CN3C(=O)C(=O)[C@H](C)CC)cccc21)C1CCCCC1. The van der Waals surface area contributed by atoms with E-state index in [1.54, 1.807) is 6.92 Å². The molecule has 2 saturated heterocycles. The third-order valence-corrected chi connectivity index (χ3v) is 15.3. The molecule has 2 aromatic rings. The zero-order chi connectivity index (χ0) is 49.2. The van der Waals surface area contributed by atoms with Gasteiger partial charge in [0.2, 0.25) is 29.4 Å². The van der Waals surface area contributed by atoms with E-state index in [9.17, 15) is 39.0 Å². The second kappa shape index (κ2) is 24.2. The number of aliphatic hydroxyl groups excluding tert-OH is 2. The van der Waals surface area contributed by atoms with E-state index in [0.717, 1.165) is 92.2 Å². The Morgan fingerprint density at radius 2 is 1.16 bits per heavy atom. The highest BCUT2D eigenvalue weighted by atomic mass is 16.5. The summed E-state index contributed by atoms with van der Waals surface area (Å²) >= 11 is 0. The van der Waals surface area contributed by atoms with E-state index in [0.29, 0.717) is 51.4 Å². The fourth-order valence-electron chi connectivity index (χ4n) is 10.9. The number of nitrogens with zero attached hydrogens (tertiary/aromatic N) is 2. The van der Waals surface area contributed by atoms with Gasteiger partial charge in [0.05, 0.1) is 37.5 Å². The molecule has 0 radical (unpaired) electrons. The molecule has 2 aromatic carbocycles. The molecule has 1 saturated carbocycles. The third-order valence-electron chi connectivity index (χ3n) is 15.3. The van der Waals surface area contributed by atoms with Gasteiger partial charge in [-0.15, -0.1) is 0 Å². The molecular weight excluding hydrogens is 883 g/mol. The predicted octanol–water partition coefficient (Wildman–Crippen LogP) is 4.80. The Hall–Kier alpha value is -5.06.